The third-order valence-corrected chi connectivity index (χ3v) is 4.39. The SMILES string of the molecule is Cc1cnc(C(C)N2CCNC(C)(c3ccccc3)C2)o1. The van der Waals surface area contributed by atoms with E-state index in [9.17, 15) is 0 Å². The van der Waals surface area contributed by atoms with Crippen molar-refractivity contribution in [1.82, 2.24) is 15.2 Å². The van der Waals surface area contributed by atoms with Crippen LogP contribution in [0.5, 0.6) is 0 Å². The lowest BCUT2D eigenvalue weighted by Gasteiger charge is -2.43. The number of nitrogens with one attached hydrogen (secondary N) is 1. The number of hydrogen-bond acceptors (Lipinski definition) is 4. The Bertz CT molecular complexity index is 595. The molecule has 0 saturated carbocycles. The van der Waals surface area contributed by atoms with E-state index in [4.69, 9.17) is 4.42 Å². The lowest BCUT2D eigenvalue weighted by atomic mass is 9.89. The Morgan fingerprint density at radius 3 is 2.76 bits per heavy atom. The van der Waals surface area contributed by atoms with Crippen LogP contribution >= 0.6 is 0 Å². The first-order valence-electron chi connectivity index (χ1n) is 7.55. The quantitative estimate of drug-likeness (QED) is 0.941. The third kappa shape index (κ3) is 2.87. The van der Waals surface area contributed by atoms with E-state index in [1.165, 1.54) is 5.56 Å². The van der Waals surface area contributed by atoms with E-state index in [0.29, 0.717) is 0 Å². The molecule has 1 aromatic heterocycles. The Hall–Kier alpha value is -1.65. The summed E-state index contributed by atoms with van der Waals surface area (Å²) in [5.74, 6) is 1.68. The number of nitrogens with zero attached hydrogens (tertiary/aromatic N) is 2. The number of rotatable bonds is 3. The molecule has 2 unspecified atom stereocenters. The van der Waals surface area contributed by atoms with E-state index >= 15 is 0 Å². The Morgan fingerprint density at radius 2 is 2.10 bits per heavy atom. The molecule has 1 aliphatic heterocycles. The molecule has 1 aliphatic rings. The molecule has 112 valence electrons. The maximum absolute atomic E-state index is 5.70. The number of piperazine rings is 1. The number of oxazole rings is 1. The highest BCUT2D eigenvalue weighted by molar-refractivity contribution is 5.25. The van der Waals surface area contributed by atoms with Gasteiger partial charge in [0.25, 0.3) is 0 Å². The number of hydrogen-bond donors (Lipinski definition) is 1. The van der Waals surface area contributed by atoms with E-state index in [2.05, 4.69) is 59.4 Å². The summed E-state index contributed by atoms with van der Waals surface area (Å²) in [6, 6.07) is 10.8. The Kier molecular flexibility index (Phi) is 3.83. The first kappa shape index (κ1) is 14.3. The van der Waals surface area contributed by atoms with Crippen molar-refractivity contribution in [3.05, 3.63) is 53.7 Å². The molecule has 0 amide bonds. The van der Waals surface area contributed by atoms with Gasteiger partial charge in [0.1, 0.15) is 5.76 Å². The lowest BCUT2D eigenvalue weighted by Crippen LogP contribution is -2.57. The number of aryl methyl sites for hydroxylation is 1. The van der Waals surface area contributed by atoms with Crippen molar-refractivity contribution in [2.45, 2.75) is 32.4 Å². The van der Waals surface area contributed by atoms with Crippen LogP contribution in [-0.4, -0.2) is 29.5 Å². The summed E-state index contributed by atoms with van der Waals surface area (Å²) in [6.45, 7) is 9.29. The van der Waals surface area contributed by atoms with Crippen LogP contribution in [0.15, 0.2) is 40.9 Å². The minimum Gasteiger partial charge on any atom is -0.444 e. The minimum absolute atomic E-state index is 0.0323. The third-order valence-electron chi connectivity index (χ3n) is 4.39. The molecule has 0 aliphatic carbocycles. The van der Waals surface area contributed by atoms with Gasteiger partial charge in [-0.1, -0.05) is 30.3 Å². The monoisotopic (exact) mass is 285 g/mol. The summed E-state index contributed by atoms with van der Waals surface area (Å²) < 4.78 is 5.70. The highest BCUT2D eigenvalue weighted by atomic mass is 16.4. The zero-order chi connectivity index (χ0) is 14.9. The van der Waals surface area contributed by atoms with Crippen LogP contribution < -0.4 is 5.32 Å². The Morgan fingerprint density at radius 1 is 1.33 bits per heavy atom. The van der Waals surface area contributed by atoms with E-state index in [-0.39, 0.29) is 11.6 Å². The molecule has 4 nitrogen and oxygen atoms in total. The van der Waals surface area contributed by atoms with Gasteiger partial charge in [0.15, 0.2) is 0 Å². The van der Waals surface area contributed by atoms with Crippen molar-refractivity contribution in [2.24, 2.45) is 0 Å². The van der Waals surface area contributed by atoms with E-state index in [0.717, 1.165) is 31.3 Å². The van der Waals surface area contributed by atoms with Crippen molar-refractivity contribution in [1.29, 1.82) is 0 Å². The fraction of sp³-hybridized carbons (Fsp3) is 0.471. The highest BCUT2D eigenvalue weighted by Crippen LogP contribution is 2.29. The molecule has 1 N–H and O–H groups in total. The van der Waals surface area contributed by atoms with Crippen LogP contribution in [0.3, 0.4) is 0 Å². The molecule has 1 saturated heterocycles. The first-order valence-corrected chi connectivity index (χ1v) is 7.55. The van der Waals surface area contributed by atoms with Crippen LogP contribution in [-0.2, 0) is 5.54 Å². The number of aromatic nitrogens is 1. The summed E-state index contributed by atoms with van der Waals surface area (Å²) in [4.78, 5) is 6.82. The topological polar surface area (TPSA) is 41.3 Å². The summed E-state index contributed by atoms with van der Waals surface area (Å²) in [5.41, 5.74) is 1.29. The van der Waals surface area contributed by atoms with E-state index < -0.39 is 0 Å². The van der Waals surface area contributed by atoms with Crippen molar-refractivity contribution in [2.75, 3.05) is 19.6 Å². The van der Waals surface area contributed by atoms with Gasteiger partial charge in [-0.3, -0.25) is 4.90 Å². The zero-order valence-electron chi connectivity index (χ0n) is 13.0. The van der Waals surface area contributed by atoms with Gasteiger partial charge in [0.2, 0.25) is 5.89 Å². The summed E-state index contributed by atoms with van der Waals surface area (Å²) in [6.07, 6.45) is 1.80. The van der Waals surface area contributed by atoms with Crippen LogP contribution in [0.4, 0.5) is 0 Å². The van der Waals surface area contributed by atoms with Gasteiger partial charge in [-0.15, -0.1) is 0 Å². The Labute approximate surface area is 126 Å². The van der Waals surface area contributed by atoms with Gasteiger partial charge in [-0.2, -0.15) is 0 Å². The molecular formula is C17H23N3O. The van der Waals surface area contributed by atoms with Gasteiger partial charge < -0.3 is 9.73 Å². The molecule has 2 atom stereocenters. The molecule has 0 bridgehead atoms. The average Bonchev–Trinajstić information content (AvgIpc) is 2.94. The molecule has 1 fully saturated rings. The summed E-state index contributed by atoms with van der Waals surface area (Å²) >= 11 is 0. The second kappa shape index (κ2) is 5.62. The van der Waals surface area contributed by atoms with Crippen LogP contribution in [0.2, 0.25) is 0 Å². The van der Waals surface area contributed by atoms with Gasteiger partial charge in [0.05, 0.1) is 17.8 Å². The predicted molar refractivity (Wildman–Crippen MR) is 83.0 cm³/mol. The van der Waals surface area contributed by atoms with Gasteiger partial charge in [-0.25, -0.2) is 4.98 Å². The van der Waals surface area contributed by atoms with Crippen LogP contribution in [0, 0.1) is 6.92 Å². The summed E-state index contributed by atoms with van der Waals surface area (Å²) in [5, 5.41) is 3.66. The smallest absolute Gasteiger partial charge is 0.211 e. The van der Waals surface area contributed by atoms with Gasteiger partial charge in [0, 0.05) is 19.6 Å². The van der Waals surface area contributed by atoms with Gasteiger partial charge >= 0.3 is 0 Å². The van der Waals surface area contributed by atoms with E-state index in [1.54, 1.807) is 6.20 Å². The second-order valence-electron chi connectivity index (χ2n) is 6.08. The van der Waals surface area contributed by atoms with Crippen molar-refractivity contribution in [3.8, 4) is 0 Å². The van der Waals surface area contributed by atoms with Gasteiger partial charge in [-0.05, 0) is 26.3 Å². The normalized spacial score (nSPS) is 24.9. The molecule has 2 heterocycles. The van der Waals surface area contributed by atoms with E-state index in [1.807, 2.05) is 6.92 Å². The lowest BCUT2D eigenvalue weighted by molar-refractivity contribution is 0.0933. The molecule has 1 aromatic carbocycles. The highest BCUT2D eigenvalue weighted by Gasteiger charge is 2.35. The number of benzene rings is 1. The maximum atomic E-state index is 5.70. The minimum atomic E-state index is -0.0323. The fourth-order valence-electron chi connectivity index (χ4n) is 3.07. The molecule has 4 heteroatoms. The summed E-state index contributed by atoms with van der Waals surface area (Å²) in [7, 11) is 0. The standard InChI is InChI=1S/C17H23N3O/c1-13-11-18-16(21-13)14(2)20-10-9-19-17(3,12-20)15-7-5-4-6-8-15/h4-8,11,14,19H,9-10,12H2,1-3H3. The first-order chi connectivity index (χ1) is 10.1. The van der Waals surface area contributed by atoms with Crippen molar-refractivity contribution >= 4 is 0 Å². The van der Waals surface area contributed by atoms with Crippen molar-refractivity contribution in [3.63, 3.8) is 0 Å². The second-order valence-corrected chi connectivity index (χ2v) is 6.08. The molecule has 3 rings (SSSR count). The zero-order valence-corrected chi connectivity index (χ0v) is 13.0. The Balaban J connectivity index is 1.79. The molecule has 21 heavy (non-hydrogen) atoms. The fourth-order valence-corrected chi connectivity index (χ4v) is 3.07. The molecule has 2 aromatic rings. The largest absolute Gasteiger partial charge is 0.444 e. The molecule has 0 radical (unpaired) electrons. The average molecular weight is 285 g/mol. The molecular weight excluding hydrogens is 262 g/mol. The predicted octanol–water partition coefficient (Wildman–Crippen LogP) is 2.86. The van der Waals surface area contributed by atoms with Crippen LogP contribution in [0.1, 0.15) is 37.1 Å². The van der Waals surface area contributed by atoms with Crippen molar-refractivity contribution < 1.29 is 4.42 Å². The van der Waals surface area contributed by atoms with Crippen LogP contribution in [0.25, 0.3) is 0 Å². The maximum Gasteiger partial charge on any atom is 0.211 e. The molecule has 0 spiro atoms.